The fraction of sp³-hybridized carbons (Fsp3) is 0.217. The number of carbonyl (C=O) groups excluding carboxylic acids is 1. The Hall–Kier alpha value is -3.12. The standard InChI is InChI=1S/C23H22N2O3S/c1-15(2)23-25-16(14-29-23)12-24-22(26)21-19(13-27-17-8-4-3-5-9-17)18-10-6-7-11-20(18)28-21/h3-11,14-15H,12-13H2,1-2H3,(H,24,26). The summed E-state index contributed by atoms with van der Waals surface area (Å²) in [4.78, 5) is 17.4. The number of benzene rings is 2. The van der Waals surface area contributed by atoms with Gasteiger partial charge in [0.25, 0.3) is 5.91 Å². The van der Waals surface area contributed by atoms with E-state index in [-0.39, 0.29) is 18.3 Å². The molecule has 2 aromatic carbocycles. The topological polar surface area (TPSA) is 64.4 Å². The molecule has 5 nitrogen and oxygen atoms in total. The van der Waals surface area contributed by atoms with Crippen LogP contribution in [0.5, 0.6) is 5.75 Å². The van der Waals surface area contributed by atoms with E-state index in [2.05, 4.69) is 24.1 Å². The van der Waals surface area contributed by atoms with E-state index in [1.807, 2.05) is 60.0 Å². The lowest BCUT2D eigenvalue weighted by Crippen LogP contribution is -2.23. The van der Waals surface area contributed by atoms with Gasteiger partial charge in [0.2, 0.25) is 0 Å². The van der Waals surface area contributed by atoms with Gasteiger partial charge in [-0.3, -0.25) is 4.79 Å². The Labute approximate surface area is 173 Å². The van der Waals surface area contributed by atoms with Crippen molar-refractivity contribution in [2.45, 2.75) is 32.9 Å². The second-order valence-corrected chi connectivity index (χ2v) is 7.91. The number of ether oxygens (including phenoxy) is 1. The highest BCUT2D eigenvalue weighted by Crippen LogP contribution is 2.27. The first-order chi connectivity index (χ1) is 14.1. The van der Waals surface area contributed by atoms with E-state index in [9.17, 15) is 4.79 Å². The molecule has 0 spiro atoms. The number of thiazole rings is 1. The number of hydrogen-bond donors (Lipinski definition) is 1. The maximum Gasteiger partial charge on any atom is 0.287 e. The van der Waals surface area contributed by atoms with Gasteiger partial charge in [0, 0.05) is 22.2 Å². The number of rotatable bonds is 7. The molecule has 1 N–H and O–H groups in total. The van der Waals surface area contributed by atoms with E-state index in [1.54, 1.807) is 11.3 Å². The molecule has 2 aromatic heterocycles. The van der Waals surface area contributed by atoms with Crippen LogP contribution in [0.1, 0.15) is 46.6 Å². The van der Waals surface area contributed by atoms with Crippen LogP contribution < -0.4 is 10.1 Å². The molecule has 6 heteroatoms. The SMILES string of the molecule is CC(C)c1nc(CNC(=O)c2oc3ccccc3c2COc2ccccc2)cs1. The molecule has 29 heavy (non-hydrogen) atoms. The van der Waals surface area contributed by atoms with Crippen LogP contribution in [0.25, 0.3) is 11.0 Å². The van der Waals surface area contributed by atoms with Crippen LogP contribution in [-0.2, 0) is 13.2 Å². The predicted molar refractivity (Wildman–Crippen MR) is 114 cm³/mol. The zero-order valence-corrected chi connectivity index (χ0v) is 17.2. The molecule has 0 saturated heterocycles. The molecule has 4 rings (SSSR count). The minimum absolute atomic E-state index is 0.248. The fourth-order valence-electron chi connectivity index (χ4n) is 3.02. The first-order valence-corrected chi connectivity index (χ1v) is 10.4. The monoisotopic (exact) mass is 406 g/mol. The number of amides is 1. The van der Waals surface area contributed by atoms with Gasteiger partial charge in [-0.15, -0.1) is 11.3 Å². The molecule has 0 saturated carbocycles. The Morgan fingerprint density at radius 3 is 2.66 bits per heavy atom. The molecule has 0 aliphatic heterocycles. The van der Waals surface area contributed by atoms with Crippen molar-refractivity contribution >= 4 is 28.2 Å². The van der Waals surface area contributed by atoms with Gasteiger partial charge >= 0.3 is 0 Å². The van der Waals surface area contributed by atoms with Crippen molar-refractivity contribution in [2.75, 3.05) is 0 Å². The van der Waals surface area contributed by atoms with E-state index in [1.165, 1.54) is 0 Å². The zero-order chi connectivity index (χ0) is 20.2. The Morgan fingerprint density at radius 1 is 1.14 bits per heavy atom. The molecule has 0 aliphatic carbocycles. The number of nitrogens with one attached hydrogen (secondary N) is 1. The third-order valence-electron chi connectivity index (χ3n) is 4.52. The Bertz CT molecular complexity index is 1120. The number of aromatic nitrogens is 1. The smallest absolute Gasteiger partial charge is 0.287 e. The van der Waals surface area contributed by atoms with Gasteiger partial charge in [-0.1, -0.05) is 50.2 Å². The minimum atomic E-state index is -0.271. The van der Waals surface area contributed by atoms with Crippen molar-refractivity contribution in [1.82, 2.24) is 10.3 Å². The van der Waals surface area contributed by atoms with Crippen LogP contribution in [0.15, 0.2) is 64.4 Å². The maximum absolute atomic E-state index is 12.9. The lowest BCUT2D eigenvalue weighted by molar-refractivity contribution is 0.0921. The van der Waals surface area contributed by atoms with Gasteiger partial charge in [0.15, 0.2) is 5.76 Å². The molecular formula is C23H22N2O3S. The average molecular weight is 407 g/mol. The molecule has 0 unspecified atom stereocenters. The summed E-state index contributed by atoms with van der Waals surface area (Å²) in [7, 11) is 0. The van der Waals surface area contributed by atoms with Crippen molar-refractivity contribution < 1.29 is 13.9 Å². The summed E-state index contributed by atoms with van der Waals surface area (Å²) in [5.74, 6) is 1.13. The van der Waals surface area contributed by atoms with Crippen LogP contribution in [-0.4, -0.2) is 10.9 Å². The molecule has 0 aliphatic rings. The number of para-hydroxylation sites is 2. The van der Waals surface area contributed by atoms with Crippen LogP contribution in [0.2, 0.25) is 0 Å². The van der Waals surface area contributed by atoms with Gasteiger partial charge in [-0.25, -0.2) is 4.98 Å². The highest BCUT2D eigenvalue weighted by Gasteiger charge is 2.21. The number of fused-ring (bicyclic) bond motifs is 1. The highest BCUT2D eigenvalue weighted by molar-refractivity contribution is 7.09. The zero-order valence-electron chi connectivity index (χ0n) is 16.3. The second kappa shape index (κ2) is 8.49. The van der Waals surface area contributed by atoms with Crippen molar-refractivity contribution in [3.05, 3.63) is 82.0 Å². The average Bonchev–Trinajstić information content (AvgIpc) is 3.36. The van der Waals surface area contributed by atoms with Crippen molar-refractivity contribution in [3.63, 3.8) is 0 Å². The van der Waals surface area contributed by atoms with E-state index in [4.69, 9.17) is 9.15 Å². The summed E-state index contributed by atoms with van der Waals surface area (Å²) in [6.45, 7) is 4.82. The molecule has 0 fully saturated rings. The fourth-order valence-corrected chi connectivity index (χ4v) is 3.85. The lowest BCUT2D eigenvalue weighted by atomic mass is 10.1. The first kappa shape index (κ1) is 19.2. The highest BCUT2D eigenvalue weighted by atomic mass is 32.1. The number of carbonyl (C=O) groups is 1. The van der Waals surface area contributed by atoms with Crippen LogP contribution in [0, 0.1) is 0 Å². The number of nitrogens with zero attached hydrogens (tertiary/aromatic N) is 1. The summed E-state index contributed by atoms with van der Waals surface area (Å²) in [5.41, 5.74) is 2.26. The minimum Gasteiger partial charge on any atom is -0.489 e. The Balaban J connectivity index is 1.54. The van der Waals surface area contributed by atoms with Crippen LogP contribution in [0.3, 0.4) is 0 Å². The summed E-state index contributed by atoms with van der Waals surface area (Å²) >= 11 is 1.61. The normalized spacial score (nSPS) is 11.1. The Morgan fingerprint density at radius 2 is 1.90 bits per heavy atom. The molecule has 2 heterocycles. The largest absolute Gasteiger partial charge is 0.489 e. The van der Waals surface area contributed by atoms with Gasteiger partial charge in [0.05, 0.1) is 17.2 Å². The molecule has 0 radical (unpaired) electrons. The summed E-state index contributed by atoms with van der Waals surface area (Å²) in [6, 6.07) is 17.1. The summed E-state index contributed by atoms with van der Waals surface area (Å²) < 4.78 is 11.8. The number of furan rings is 1. The van der Waals surface area contributed by atoms with E-state index < -0.39 is 0 Å². The van der Waals surface area contributed by atoms with E-state index >= 15 is 0 Å². The summed E-state index contributed by atoms with van der Waals surface area (Å²) in [5, 5.41) is 6.85. The van der Waals surface area contributed by atoms with Crippen molar-refractivity contribution in [3.8, 4) is 5.75 Å². The molecular weight excluding hydrogens is 384 g/mol. The third-order valence-corrected chi connectivity index (χ3v) is 5.72. The molecule has 4 aromatic rings. The molecule has 0 bridgehead atoms. The summed E-state index contributed by atoms with van der Waals surface area (Å²) in [6.07, 6.45) is 0. The van der Waals surface area contributed by atoms with Gasteiger partial charge in [0.1, 0.15) is 17.9 Å². The van der Waals surface area contributed by atoms with Gasteiger partial charge < -0.3 is 14.5 Å². The molecule has 148 valence electrons. The van der Waals surface area contributed by atoms with Crippen LogP contribution >= 0.6 is 11.3 Å². The van der Waals surface area contributed by atoms with Gasteiger partial charge in [-0.2, -0.15) is 0 Å². The number of hydrogen-bond acceptors (Lipinski definition) is 5. The quantitative estimate of drug-likeness (QED) is 0.439. The van der Waals surface area contributed by atoms with Gasteiger partial charge in [-0.05, 0) is 18.2 Å². The second-order valence-electron chi connectivity index (χ2n) is 7.02. The molecule has 0 atom stereocenters. The first-order valence-electron chi connectivity index (χ1n) is 9.52. The third kappa shape index (κ3) is 4.32. The van der Waals surface area contributed by atoms with Crippen molar-refractivity contribution in [2.24, 2.45) is 0 Å². The van der Waals surface area contributed by atoms with Crippen molar-refractivity contribution in [1.29, 1.82) is 0 Å². The van der Waals surface area contributed by atoms with E-state index in [0.717, 1.165) is 27.4 Å². The maximum atomic E-state index is 12.9. The molecule has 1 amide bonds. The lowest BCUT2D eigenvalue weighted by Gasteiger charge is -2.07. The van der Waals surface area contributed by atoms with Crippen LogP contribution in [0.4, 0.5) is 0 Å². The Kier molecular flexibility index (Phi) is 5.62. The predicted octanol–water partition coefficient (Wildman–Crippen LogP) is 5.52. The van der Waals surface area contributed by atoms with E-state index in [0.29, 0.717) is 18.0 Å².